The predicted octanol–water partition coefficient (Wildman–Crippen LogP) is 4.19. The minimum Gasteiger partial charge on any atom is -0.496 e. The third kappa shape index (κ3) is 3.15. The number of hydrogen-bond donors (Lipinski definition) is 0. The second-order valence-electron chi connectivity index (χ2n) is 7.31. The summed E-state index contributed by atoms with van der Waals surface area (Å²) in [5.74, 6) is 1.60. The van der Waals surface area contributed by atoms with Crippen LogP contribution in [-0.4, -0.2) is 29.7 Å². The summed E-state index contributed by atoms with van der Waals surface area (Å²) in [6, 6.07) is 11.7. The van der Waals surface area contributed by atoms with Gasteiger partial charge in [0.1, 0.15) is 5.75 Å². The van der Waals surface area contributed by atoms with E-state index in [1.54, 1.807) is 7.11 Å². The first-order chi connectivity index (χ1) is 13.5. The number of anilines is 1. The van der Waals surface area contributed by atoms with Crippen LogP contribution in [0.1, 0.15) is 34.9 Å². The van der Waals surface area contributed by atoms with Gasteiger partial charge in [0, 0.05) is 18.7 Å². The van der Waals surface area contributed by atoms with Crippen molar-refractivity contribution in [2.75, 3.05) is 18.6 Å². The highest BCUT2D eigenvalue weighted by molar-refractivity contribution is 5.97. The fourth-order valence-corrected chi connectivity index (χ4v) is 4.03. The summed E-state index contributed by atoms with van der Waals surface area (Å²) in [6.45, 7) is 6.69. The number of hydrogen-bond acceptors (Lipinski definition) is 5. The van der Waals surface area contributed by atoms with Crippen LogP contribution in [0.4, 0.5) is 5.69 Å². The molecule has 1 aliphatic rings. The molecule has 4 rings (SSSR count). The van der Waals surface area contributed by atoms with E-state index in [2.05, 4.69) is 29.2 Å². The molecule has 0 radical (unpaired) electrons. The fourth-order valence-electron chi connectivity index (χ4n) is 4.03. The van der Waals surface area contributed by atoms with E-state index >= 15 is 0 Å². The van der Waals surface area contributed by atoms with Gasteiger partial charge in [0.2, 0.25) is 17.6 Å². The number of aromatic nitrogens is 2. The highest BCUT2D eigenvalue weighted by Gasteiger charge is 2.36. The Bertz CT molecular complexity index is 1020. The quantitative estimate of drug-likeness (QED) is 0.682. The topological polar surface area (TPSA) is 68.5 Å². The standard InChI is InChI=1S/C22H23N3O3/c1-13-9-14(2)20(15(3)10-13)25-12-16(11-19(25)26)22-23-21(24-28-22)17-7-5-6-8-18(17)27-4/h5-10,16H,11-12H2,1-4H3. The fraction of sp³-hybridized carbons (Fsp3) is 0.318. The molecular formula is C22H23N3O3. The zero-order valence-corrected chi connectivity index (χ0v) is 16.5. The molecule has 1 amide bonds. The molecule has 1 saturated heterocycles. The lowest BCUT2D eigenvalue weighted by molar-refractivity contribution is -0.117. The van der Waals surface area contributed by atoms with E-state index in [1.165, 1.54) is 5.56 Å². The van der Waals surface area contributed by atoms with E-state index in [9.17, 15) is 4.79 Å². The summed E-state index contributed by atoms with van der Waals surface area (Å²) in [6.07, 6.45) is 0.361. The van der Waals surface area contributed by atoms with Gasteiger partial charge in [0.05, 0.1) is 18.6 Å². The normalized spacial score (nSPS) is 16.6. The van der Waals surface area contributed by atoms with Gasteiger partial charge in [-0.25, -0.2) is 0 Å². The summed E-state index contributed by atoms with van der Waals surface area (Å²) < 4.78 is 10.9. The van der Waals surface area contributed by atoms with Gasteiger partial charge >= 0.3 is 0 Å². The lowest BCUT2D eigenvalue weighted by atomic mass is 10.0. The van der Waals surface area contributed by atoms with Gasteiger partial charge in [0.25, 0.3) is 0 Å². The molecule has 0 bridgehead atoms. The van der Waals surface area contributed by atoms with Crippen molar-refractivity contribution in [3.05, 3.63) is 59.0 Å². The van der Waals surface area contributed by atoms with Gasteiger partial charge in [-0.2, -0.15) is 4.98 Å². The summed E-state index contributed by atoms with van der Waals surface area (Å²) in [5.41, 5.74) is 5.16. The van der Waals surface area contributed by atoms with Crippen molar-refractivity contribution in [2.45, 2.75) is 33.1 Å². The van der Waals surface area contributed by atoms with Crippen LogP contribution >= 0.6 is 0 Å². The molecule has 0 saturated carbocycles. The van der Waals surface area contributed by atoms with Crippen molar-refractivity contribution >= 4 is 11.6 Å². The highest BCUT2D eigenvalue weighted by atomic mass is 16.5. The Morgan fingerprint density at radius 2 is 1.86 bits per heavy atom. The van der Waals surface area contributed by atoms with Crippen LogP contribution in [0, 0.1) is 20.8 Å². The van der Waals surface area contributed by atoms with Crippen LogP contribution in [0.5, 0.6) is 5.75 Å². The van der Waals surface area contributed by atoms with E-state index in [-0.39, 0.29) is 11.8 Å². The molecule has 0 N–H and O–H groups in total. The maximum absolute atomic E-state index is 12.7. The molecule has 1 aromatic heterocycles. The molecule has 1 atom stereocenters. The van der Waals surface area contributed by atoms with Crippen LogP contribution in [0.2, 0.25) is 0 Å². The van der Waals surface area contributed by atoms with Gasteiger partial charge in [-0.1, -0.05) is 35.0 Å². The van der Waals surface area contributed by atoms with E-state index in [0.29, 0.717) is 30.4 Å². The third-order valence-corrected chi connectivity index (χ3v) is 5.17. The number of benzene rings is 2. The summed E-state index contributed by atoms with van der Waals surface area (Å²) in [5, 5.41) is 4.11. The number of rotatable bonds is 4. The van der Waals surface area contributed by atoms with Crippen LogP contribution in [-0.2, 0) is 4.79 Å². The van der Waals surface area contributed by atoms with E-state index in [4.69, 9.17) is 9.26 Å². The Hall–Kier alpha value is -3.15. The van der Waals surface area contributed by atoms with Crippen LogP contribution in [0.25, 0.3) is 11.4 Å². The molecule has 0 aliphatic carbocycles. The van der Waals surface area contributed by atoms with E-state index in [0.717, 1.165) is 22.4 Å². The number of carbonyl (C=O) groups excluding carboxylic acids is 1. The monoisotopic (exact) mass is 377 g/mol. The molecule has 0 spiro atoms. The molecule has 28 heavy (non-hydrogen) atoms. The largest absolute Gasteiger partial charge is 0.496 e. The van der Waals surface area contributed by atoms with Gasteiger partial charge in [0.15, 0.2) is 0 Å². The first kappa shape index (κ1) is 18.2. The SMILES string of the molecule is COc1ccccc1-c1noc(C2CC(=O)N(c3c(C)cc(C)cc3C)C2)n1. The smallest absolute Gasteiger partial charge is 0.232 e. The van der Waals surface area contributed by atoms with E-state index < -0.39 is 0 Å². The Morgan fingerprint density at radius 1 is 1.14 bits per heavy atom. The summed E-state index contributed by atoms with van der Waals surface area (Å²) in [4.78, 5) is 19.1. The molecule has 6 heteroatoms. The van der Waals surface area contributed by atoms with Crippen molar-refractivity contribution in [1.29, 1.82) is 0 Å². The molecule has 1 aliphatic heterocycles. The number of aryl methyl sites for hydroxylation is 3. The van der Waals surface area contributed by atoms with Gasteiger partial charge < -0.3 is 14.2 Å². The Balaban J connectivity index is 1.61. The number of nitrogens with zero attached hydrogens (tertiary/aromatic N) is 3. The number of ether oxygens (including phenoxy) is 1. The van der Waals surface area contributed by atoms with Gasteiger partial charge in [-0.15, -0.1) is 0 Å². The highest BCUT2D eigenvalue weighted by Crippen LogP contribution is 2.36. The lowest BCUT2D eigenvalue weighted by Gasteiger charge is -2.21. The minimum atomic E-state index is -0.122. The van der Waals surface area contributed by atoms with Crippen molar-refractivity contribution < 1.29 is 14.1 Å². The van der Waals surface area contributed by atoms with Gasteiger partial charge in [-0.05, 0) is 44.0 Å². The van der Waals surface area contributed by atoms with Crippen molar-refractivity contribution in [1.82, 2.24) is 10.1 Å². The zero-order chi connectivity index (χ0) is 19.8. The average molecular weight is 377 g/mol. The van der Waals surface area contributed by atoms with Crippen LogP contribution in [0.15, 0.2) is 40.9 Å². The first-order valence-corrected chi connectivity index (χ1v) is 9.33. The molecule has 3 aromatic rings. The summed E-state index contributed by atoms with van der Waals surface area (Å²) in [7, 11) is 1.61. The molecular weight excluding hydrogens is 354 g/mol. The maximum atomic E-state index is 12.7. The Morgan fingerprint density at radius 3 is 2.57 bits per heavy atom. The van der Waals surface area contributed by atoms with Crippen LogP contribution in [0.3, 0.4) is 0 Å². The Kier molecular flexibility index (Phi) is 4.63. The minimum absolute atomic E-state index is 0.0806. The van der Waals surface area contributed by atoms with Gasteiger partial charge in [-0.3, -0.25) is 4.79 Å². The average Bonchev–Trinajstić information content (AvgIpc) is 3.28. The molecule has 2 heterocycles. The van der Waals surface area contributed by atoms with Crippen molar-refractivity contribution in [3.8, 4) is 17.1 Å². The molecule has 6 nitrogen and oxygen atoms in total. The van der Waals surface area contributed by atoms with Crippen LogP contribution < -0.4 is 9.64 Å². The molecule has 1 unspecified atom stereocenters. The van der Waals surface area contributed by atoms with Crippen molar-refractivity contribution in [2.24, 2.45) is 0 Å². The Labute approximate surface area is 164 Å². The zero-order valence-electron chi connectivity index (χ0n) is 16.5. The maximum Gasteiger partial charge on any atom is 0.232 e. The van der Waals surface area contributed by atoms with Crippen molar-refractivity contribution in [3.63, 3.8) is 0 Å². The predicted molar refractivity (Wildman–Crippen MR) is 107 cm³/mol. The molecule has 1 fully saturated rings. The van der Waals surface area contributed by atoms with E-state index in [1.807, 2.05) is 43.0 Å². The first-order valence-electron chi connectivity index (χ1n) is 9.33. The third-order valence-electron chi connectivity index (χ3n) is 5.17. The number of methoxy groups -OCH3 is 1. The second-order valence-corrected chi connectivity index (χ2v) is 7.31. The number of amides is 1. The molecule has 144 valence electrons. The number of carbonyl (C=O) groups is 1. The molecule has 2 aromatic carbocycles. The number of para-hydroxylation sites is 1. The lowest BCUT2D eigenvalue weighted by Crippen LogP contribution is -2.26. The second kappa shape index (κ2) is 7.11. The summed E-state index contributed by atoms with van der Waals surface area (Å²) >= 11 is 0.